The molecule has 2 aromatic rings. The number of benzene rings is 2. The van der Waals surface area contributed by atoms with Crippen molar-refractivity contribution in [1.82, 2.24) is 5.43 Å². The summed E-state index contributed by atoms with van der Waals surface area (Å²) in [6, 6.07) is 10.3. The highest BCUT2D eigenvalue weighted by molar-refractivity contribution is 6.33. The lowest BCUT2D eigenvalue weighted by atomic mass is 10.1. The molecule has 0 aromatic heterocycles. The molecule has 2 rings (SSSR count). The van der Waals surface area contributed by atoms with Crippen LogP contribution in [0.15, 0.2) is 41.5 Å². The molecular formula is C18H21ClN2O5. The third-order valence-electron chi connectivity index (χ3n) is 3.20. The van der Waals surface area contributed by atoms with Crippen LogP contribution in [-0.2, 0) is 0 Å². The van der Waals surface area contributed by atoms with Crippen LogP contribution in [0.2, 0.25) is 5.02 Å². The minimum Gasteiger partial charge on any atom is -0.493 e. The Morgan fingerprint density at radius 2 is 1.65 bits per heavy atom. The summed E-state index contributed by atoms with van der Waals surface area (Å²) in [5.74, 6) is 0.767. The van der Waals surface area contributed by atoms with Crippen molar-refractivity contribution < 1.29 is 24.1 Å². The number of carbonyl (C=O) groups is 1. The molecule has 0 aliphatic heterocycles. The number of rotatable bonds is 6. The Balaban J connectivity index is 0.00000163. The first-order valence-corrected chi connectivity index (χ1v) is 7.81. The quantitative estimate of drug-likeness (QED) is 0.594. The first-order chi connectivity index (χ1) is 12.6. The van der Waals surface area contributed by atoms with Crippen molar-refractivity contribution in [3.05, 3.63) is 52.5 Å². The number of nitrogens with zero attached hydrogens (tertiary/aromatic N) is 1. The van der Waals surface area contributed by atoms with Gasteiger partial charge in [-0.3, -0.25) is 4.79 Å². The number of hydrogen-bond donors (Lipinski definition) is 2. The summed E-state index contributed by atoms with van der Waals surface area (Å²) >= 11 is 6.02. The molecule has 0 atom stereocenters. The molecular weight excluding hydrogens is 360 g/mol. The summed E-state index contributed by atoms with van der Waals surface area (Å²) in [7, 11) is 5.46. The van der Waals surface area contributed by atoms with Gasteiger partial charge in [0.25, 0.3) is 5.91 Å². The molecule has 0 radical (unpaired) electrons. The smallest absolute Gasteiger partial charge is 0.271 e. The van der Waals surface area contributed by atoms with Crippen molar-refractivity contribution in [2.24, 2.45) is 5.10 Å². The van der Waals surface area contributed by atoms with E-state index in [1.54, 1.807) is 24.3 Å². The minimum atomic E-state index is -0.419. The molecule has 2 aromatic carbocycles. The number of methoxy groups -OCH3 is 3. The molecule has 7 nitrogen and oxygen atoms in total. The lowest BCUT2D eigenvalue weighted by Crippen LogP contribution is -2.18. The second kappa shape index (κ2) is 11.0. The van der Waals surface area contributed by atoms with Crippen LogP contribution in [0.4, 0.5) is 0 Å². The van der Waals surface area contributed by atoms with Gasteiger partial charge in [0, 0.05) is 23.3 Å². The molecule has 1 amide bonds. The highest BCUT2D eigenvalue weighted by Gasteiger charge is 2.16. The van der Waals surface area contributed by atoms with E-state index in [4.69, 9.17) is 30.9 Å². The van der Waals surface area contributed by atoms with Crippen LogP contribution in [0, 0.1) is 0 Å². The predicted octanol–water partition coefficient (Wildman–Crippen LogP) is 2.74. The Hall–Kier alpha value is -2.77. The third-order valence-corrected chi connectivity index (χ3v) is 3.55. The molecule has 8 heteroatoms. The highest BCUT2D eigenvalue weighted by Crippen LogP contribution is 2.38. The van der Waals surface area contributed by atoms with E-state index < -0.39 is 5.91 Å². The van der Waals surface area contributed by atoms with Crippen LogP contribution in [0.5, 0.6) is 17.2 Å². The molecule has 26 heavy (non-hydrogen) atoms. The topological polar surface area (TPSA) is 89.4 Å². The molecule has 0 spiro atoms. The fourth-order valence-corrected chi connectivity index (χ4v) is 2.20. The average molecular weight is 381 g/mol. The maximum atomic E-state index is 12.2. The standard InChI is InChI=1S/C17H17ClN2O4.CH4O/c1-22-14-8-12(9-15(23-2)16(14)24-3)17(21)20-19-10-11-6-4-5-7-13(11)18;1-2/h4-10H,1-3H3,(H,20,21);2H,1H3/b19-10+;. The molecule has 0 aliphatic rings. The third kappa shape index (κ3) is 5.37. The monoisotopic (exact) mass is 380 g/mol. The Labute approximate surface area is 157 Å². The first-order valence-electron chi connectivity index (χ1n) is 7.43. The van der Waals surface area contributed by atoms with Gasteiger partial charge in [-0.25, -0.2) is 5.43 Å². The van der Waals surface area contributed by atoms with Crippen LogP contribution in [0.3, 0.4) is 0 Å². The minimum absolute atomic E-state index is 0.320. The van der Waals surface area contributed by atoms with Crippen LogP contribution >= 0.6 is 11.6 Å². The van der Waals surface area contributed by atoms with Crippen molar-refractivity contribution in [2.75, 3.05) is 28.4 Å². The maximum Gasteiger partial charge on any atom is 0.271 e. The van der Waals surface area contributed by atoms with E-state index >= 15 is 0 Å². The lowest BCUT2D eigenvalue weighted by molar-refractivity contribution is 0.0954. The van der Waals surface area contributed by atoms with E-state index in [1.165, 1.54) is 27.5 Å². The molecule has 0 aliphatic carbocycles. The number of ether oxygens (including phenoxy) is 3. The Kier molecular flexibility index (Phi) is 8.97. The zero-order valence-corrected chi connectivity index (χ0v) is 15.7. The summed E-state index contributed by atoms with van der Waals surface area (Å²) in [5, 5.41) is 11.5. The molecule has 0 saturated carbocycles. The number of carbonyl (C=O) groups excluding carboxylic acids is 1. The van der Waals surface area contributed by atoms with Crippen LogP contribution in [0.25, 0.3) is 0 Å². The van der Waals surface area contributed by atoms with Crippen molar-refractivity contribution in [1.29, 1.82) is 0 Å². The van der Waals surface area contributed by atoms with Gasteiger partial charge in [0.15, 0.2) is 11.5 Å². The molecule has 0 unspecified atom stereocenters. The Bertz CT molecular complexity index is 740. The summed E-state index contributed by atoms with van der Waals surface area (Å²) in [6.07, 6.45) is 1.47. The van der Waals surface area contributed by atoms with Gasteiger partial charge in [-0.05, 0) is 18.2 Å². The van der Waals surface area contributed by atoms with E-state index in [0.29, 0.717) is 33.4 Å². The van der Waals surface area contributed by atoms with E-state index in [9.17, 15) is 4.79 Å². The van der Waals surface area contributed by atoms with Crippen LogP contribution < -0.4 is 19.6 Å². The van der Waals surface area contributed by atoms with Crippen molar-refractivity contribution in [2.45, 2.75) is 0 Å². The number of nitrogens with one attached hydrogen (secondary N) is 1. The second-order valence-corrected chi connectivity index (χ2v) is 5.04. The van der Waals surface area contributed by atoms with Gasteiger partial charge in [-0.15, -0.1) is 0 Å². The van der Waals surface area contributed by atoms with Gasteiger partial charge in [0.05, 0.1) is 27.5 Å². The first kappa shape index (κ1) is 21.3. The predicted molar refractivity (Wildman–Crippen MR) is 101 cm³/mol. The van der Waals surface area contributed by atoms with Gasteiger partial charge in [0.1, 0.15) is 0 Å². The molecule has 140 valence electrons. The molecule has 0 bridgehead atoms. The van der Waals surface area contributed by atoms with Crippen molar-refractivity contribution >= 4 is 23.7 Å². The summed E-state index contributed by atoms with van der Waals surface area (Å²) < 4.78 is 15.7. The summed E-state index contributed by atoms with van der Waals surface area (Å²) in [6.45, 7) is 0. The molecule has 0 saturated heterocycles. The fourth-order valence-electron chi connectivity index (χ4n) is 2.02. The number of aliphatic hydroxyl groups excluding tert-OH is 1. The normalized spacial score (nSPS) is 9.92. The Morgan fingerprint density at radius 1 is 1.08 bits per heavy atom. The van der Waals surface area contributed by atoms with E-state index in [0.717, 1.165) is 7.11 Å². The lowest BCUT2D eigenvalue weighted by Gasteiger charge is -2.13. The van der Waals surface area contributed by atoms with Crippen LogP contribution in [0.1, 0.15) is 15.9 Å². The second-order valence-electron chi connectivity index (χ2n) is 4.63. The number of hydrazone groups is 1. The van der Waals surface area contributed by atoms with E-state index in [1.807, 2.05) is 12.1 Å². The van der Waals surface area contributed by atoms with Crippen molar-refractivity contribution in [3.63, 3.8) is 0 Å². The Morgan fingerprint density at radius 3 is 2.15 bits per heavy atom. The SMILES string of the molecule is CO.COc1cc(C(=O)N/N=C/c2ccccc2Cl)cc(OC)c1OC. The van der Waals surface area contributed by atoms with Gasteiger partial charge < -0.3 is 19.3 Å². The zero-order valence-electron chi connectivity index (χ0n) is 14.9. The fraction of sp³-hybridized carbons (Fsp3) is 0.222. The van der Waals surface area contributed by atoms with Gasteiger partial charge in [0.2, 0.25) is 5.75 Å². The van der Waals surface area contributed by atoms with Crippen molar-refractivity contribution in [3.8, 4) is 17.2 Å². The highest BCUT2D eigenvalue weighted by atomic mass is 35.5. The van der Waals surface area contributed by atoms with Gasteiger partial charge >= 0.3 is 0 Å². The van der Waals surface area contributed by atoms with Gasteiger partial charge in [-0.1, -0.05) is 29.8 Å². The van der Waals surface area contributed by atoms with Crippen LogP contribution in [-0.4, -0.2) is 45.7 Å². The van der Waals surface area contributed by atoms with E-state index in [-0.39, 0.29) is 0 Å². The molecule has 0 heterocycles. The largest absolute Gasteiger partial charge is 0.493 e. The average Bonchev–Trinajstić information content (AvgIpc) is 2.69. The number of amides is 1. The summed E-state index contributed by atoms with van der Waals surface area (Å²) in [4.78, 5) is 12.2. The van der Waals surface area contributed by atoms with E-state index in [2.05, 4.69) is 10.5 Å². The number of aliphatic hydroxyl groups is 1. The number of hydrogen-bond acceptors (Lipinski definition) is 6. The van der Waals surface area contributed by atoms with Gasteiger partial charge in [-0.2, -0.15) is 5.10 Å². The molecule has 2 N–H and O–H groups in total. The maximum absolute atomic E-state index is 12.2. The summed E-state index contributed by atoms with van der Waals surface area (Å²) in [5.41, 5.74) is 3.45. The molecule has 0 fully saturated rings. The number of halogens is 1. The zero-order chi connectivity index (χ0) is 19.5.